The summed E-state index contributed by atoms with van der Waals surface area (Å²) in [6, 6.07) is 0.817. The number of hydrogen-bond acceptors (Lipinski definition) is 1. The zero-order valence-electron chi connectivity index (χ0n) is 15.2. The highest BCUT2D eigenvalue weighted by Gasteiger charge is 2.58. The van der Waals surface area contributed by atoms with Gasteiger partial charge in [0.2, 0.25) is 0 Å². The van der Waals surface area contributed by atoms with E-state index < -0.39 is 0 Å². The standard InChI is InChI=1S/C22H35N/c1-21-13-4-6-18(21)17-11-8-15-5-3-7-20(23-16-9-10-16)22(15,2)19(17)12-14-21/h7,15-19,23H,3-6,8-14H2,1-2H3/t15?,17-,18-,19-,21-,22-/m0/s1. The van der Waals surface area contributed by atoms with E-state index in [-0.39, 0.29) is 0 Å². The van der Waals surface area contributed by atoms with Crippen LogP contribution in [0.2, 0.25) is 0 Å². The summed E-state index contributed by atoms with van der Waals surface area (Å²) in [5.74, 6) is 4.00. The van der Waals surface area contributed by atoms with Crippen LogP contribution >= 0.6 is 0 Å². The molecule has 5 rings (SSSR count). The third-order valence-electron chi connectivity index (χ3n) is 9.07. The average Bonchev–Trinajstić information content (AvgIpc) is 3.26. The van der Waals surface area contributed by atoms with E-state index in [1.165, 1.54) is 64.2 Å². The molecular weight excluding hydrogens is 278 g/mol. The Balaban J connectivity index is 1.49. The van der Waals surface area contributed by atoms with Crippen molar-refractivity contribution in [1.29, 1.82) is 0 Å². The fourth-order valence-electron chi connectivity index (χ4n) is 7.60. The van der Waals surface area contributed by atoms with Crippen LogP contribution in [-0.4, -0.2) is 6.04 Å². The van der Waals surface area contributed by atoms with Crippen molar-refractivity contribution in [1.82, 2.24) is 5.32 Å². The van der Waals surface area contributed by atoms with Crippen molar-refractivity contribution in [2.75, 3.05) is 0 Å². The van der Waals surface area contributed by atoms with Crippen LogP contribution in [-0.2, 0) is 0 Å². The van der Waals surface area contributed by atoms with Gasteiger partial charge in [-0.25, -0.2) is 0 Å². The van der Waals surface area contributed by atoms with Crippen molar-refractivity contribution in [3.63, 3.8) is 0 Å². The van der Waals surface area contributed by atoms with Crippen LogP contribution in [0, 0.1) is 34.5 Å². The third kappa shape index (κ3) is 2.10. The van der Waals surface area contributed by atoms with Crippen LogP contribution in [0.1, 0.15) is 84.5 Å². The smallest absolute Gasteiger partial charge is 0.0259 e. The van der Waals surface area contributed by atoms with Crippen molar-refractivity contribution in [3.8, 4) is 0 Å². The molecule has 1 heteroatoms. The van der Waals surface area contributed by atoms with Crippen LogP contribution in [0.3, 0.4) is 0 Å². The minimum Gasteiger partial charge on any atom is -0.385 e. The lowest BCUT2D eigenvalue weighted by molar-refractivity contribution is -0.0764. The van der Waals surface area contributed by atoms with Gasteiger partial charge in [-0.1, -0.05) is 26.3 Å². The molecule has 5 aliphatic rings. The summed E-state index contributed by atoms with van der Waals surface area (Å²) in [5, 5.41) is 4.00. The number of fused-ring (bicyclic) bond motifs is 5. The van der Waals surface area contributed by atoms with Gasteiger partial charge in [-0.05, 0) is 93.3 Å². The Morgan fingerprint density at radius 3 is 2.61 bits per heavy atom. The first kappa shape index (κ1) is 14.8. The summed E-state index contributed by atoms with van der Waals surface area (Å²) in [5.41, 5.74) is 2.87. The zero-order chi connectivity index (χ0) is 15.7. The second-order valence-corrected chi connectivity index (χ2v) is 10.1. The zero-order valence-corrected chi connectivity index (χ0v) is 15.2. The first-order valence-corrected chi connectivity index (χ1v) is 10.6. The van der Waals surface area contributed by atoms with E-state index >= 15 is 0 Å². The molecule has 1 nitrogen and oxygen atoms in total. The lowest BCUT2D eigenvalue weighted by Gasteiger charge is -2.60. The molecule has 0 bridgehead atoms. The second-order valence-electron chi connectivity index (χ2n) is 10.1. The fraction of sp³-hybridized carbons (Fsp3) is 0.909. The largest absolute Gasteiger partial charge is 0.385 e. The van der Waals surface area contributed by atoms with Gasteiger partial charge in [0, 0.05) is 17.2 Å². The Labute approximate surface area is 142 Å². The van der Waals surface area contributed by atoms with E-state index in [2.05, 4.69) is 25.2 Å². The molecule has 0 radical (unpaired) electrons. The maximum absolute atomic E-state index is 4.00. The molecule has 0 heterocycles. The number of hydrogen-bond donors (Lipinski definition) is 1. The highest BCUT2D eigenvalue weighted by atomic mass is 15.0. The van der Waals surface area contributed by atoms with Crippen molar-refractivity contribution in [2.45, 2.75) is 90.5 Å². The molecule has 0 amide bonds. The fourth-order valence-corrected chi connectivity index (χ4v) is 7.60. The van der Waals surface area contributed by atoms with Gasteiger partial charge < -0.3 is 5.32 Å². The van der Waals surface area contributed by atoms with Crippen molar-refractivity contribution >= 4 is 0 Å². The van der Waals surface area contributed by atoms with E-state index in [0.29, 0.717) is 10.8 Å². The summed E-state index contributed by atoms with van der Waals surface area (Å²) >= 11 is 0. The van der Waals surface area contributed by atoms with Crippen molar-refractivity contribution in [3.05, 3.63) is 11.8 Å². The first-order valence-electron chi connectivity index (χ1n) is 10.6. The van der Waals surface area contributed by atoms with Crippen molar-refractivity contribution in [2.24, 2.45) is 34.5 Å². The van der Waals surface area contributed by atoms with Gasteiger partial charge in [0.05, 0.1) is 0 Å². The molecular formula is C22H35N. The van der Waals surface area contributed by atoms with Gasteiger partial charge in [-0.15, -0.1) is 0 Å². The third-order valence-corrected chi connectivity index (χ3v) is 9.07. The van der Waals surface area contributed by atoms with E-state index in [9.17, 15) is 0 Å². The van der Waals surface area contributed by atoms with Gasteiger partial charge >= 0.3 is 0 Å². The van der Waals surface area contributed by atoms with Crippen LogP contribution in [0.15, 0.2) is 11.8 Å². The molecule has 0 aliphatic heterocycles. The van der Waals surface area contributed by atoms with E-state index in [4.69, 9.17) is 0 Å². The van der Waals surface area contributed by atoms with Crippen LogP contribution in [0.5, 0.6) is 0 Å². The summed E-state index contributed by atoms with van der Waals surface area (Å²) in [7, 11) is 0. The molecule has 0 aromatic heterocycles. The molecule has 23 heavy (non-hydrogen) atoms. The Morgan fingerprint density at radius 2 is 1.78 bits per heavy atom. The van der Waals surface area contributed by atoms with E-state index in [1.807, 2.05) is 0 Å². The normalized spacial score (nSPS) is 52.2. The Morgan fingerprint density at radius 1 is 0.913 bits per heavy atom. The Hall–Kier alpha value is -0.460. The van der Waals surface area contributed by atoms with Gasteiger partial charge in [-0.2, -0.15) is 0 Å². The minimum absolute atomic E-state index is 0.480. The van der Waals surface area contributed by atoms with Crippen molar-refractivity contribution < 1.29 is 0 Å². The molecule has 6 atom stereocenters. The molecule has 5 aliphatic carbocycles. The van der Waals surface area contributed by atoms with Crippen LogP contribution < -0.4 is 5.32 Å². The lowest BCUT2D eigenvalue weighted by atomic mass is 9.46. The Bertz CT molecular complexity index is 518. The van der Waals surface area contributed by atoms with E-state index in [0.717, 1.165) is 29.7 Å². The summed E-state index contributed by atoms with van der Waals surface area (Å²) < 4.78 is 0. The van der Waals surface area contributed by atoms with E-state index in [1.54, 1.807) is 12.1 Å². The molecule has 4 saturated carbocycles. The molecule has 0 aromatic carbocycles. The topological polar surface area (TPSA) is 12.0 Å². The highest BCUT2D eigenvalue weighted by Crippen LogP contribution is 2.66. The maximum atomic E-state index is 4.00. The SMILES string of the molecule is C[C@@]12CCC[C@H]1[C@@H]1CCC3CCC=C(NC4CC4)[C@]3(C)[C@H]1CC2. The quantitative estimate of drug-likeness (QED) is 0.693. The first-order chi connectivity index (χ1) is 11.1. The van der Waals surface area contributed by atoms with Gasteiger partial charge in [-0.3, -0.25) is 0 Å². The van der Waals surface area contributed by atoms with Crippen LogP contribution in [0.4, 0.5) is 0 Å². The lowest BCUT2D eigenvalue weighted by Crippen LogP contribution is -2.54. The summed E-state index contributed by atoms with van der Waals surface area (Å²) in [4.78, 5) is 0. The minimum atomic E-state index is 0.480. The number of nitrogens with one attached hydrogen (secondary N) is 1. The average molecular weight is 314 g/mol. The van der Waals surface area contributed by atoms with Gasteiger partial charge in [0.1, 0.15) is 0 Å². The summed E-state index contributed by atoms with van der Waals surface area (Å²) in [6.45, 7) is 5.31. The molecule has 1 unspecified atom stereocenters. The monoisotopic (exact) mass is 313 g/mol. The van der Waals surface area contributed by atoms with Gasteiger partial charge in [0.15, 0.2) is 0 Å². The summed E-state index contributed by atoms with van der Waals surface area (Å²) in [6.07, 6.45) is 18.8. The molecule has 0 saturated heterocycles. The second kappa shape index (κ2) is 5.02. The predicted octanol–water partition coefficient (Wildman–Crippen LogP) is 5.67. The molecule has 0 spiro atoms. The molecule has 0 aromatic rings. The predicted molar refractivity (Wildman–Crippen MR) is 96.0 cm³/mol. The molecule has 1 N–H and O–H groups in total. The van der Waals surface area contributed by atoms with Gasteiger partial charge in [0.25, 0.3) is 0 Å². The van der Waals surface area contributed by atoms with Crippen LogP contribution in [0.25, 0.3) is 0 Å². The molecule has 128 valence electrons. The highest BCUT2D eigenvalue weighted by molar-refractivity contribution is 5.24. The number of rotatable bonds is 2. The molecule has 4 fully saturated rings. The maximum Gasteiger partial charge on any atom is 0.0259 e. The Kier molecular flexibility index (Phi) is 3.24. The number of allylic oxidation sites excluding steroid dienone is 2.